The fourth-order valence-corrected chi connectivity index (χ4v) is 5.80. The van der Waals surface area contributed by atoms with E-state index in [1.807, 2.05) is 0 Å². The Morgan fingerprint density at radius 1 is 0.879 bits per heavy atom. The number of amides is 3. The quantitative estimate of drug-likeness (QED) is 0.415. The van der Waals surface area contributed by atoms with Crippen LogP contribution < -0.4 is 16.0 Å². The van der Waals surface area contributed by atoms with Crippen LogP contribution in [0.5, 0.6) is 0 Å². The van der Waals surface area contributed by atoms with Crippen molar-refractivity contribution in [1.82, 2.24) is 16.0 Å². The van der Waals surface area contributed by atoms with Crippen molar-refractivity contribution in [3.63, 3.8) is 0 Å². The molecule has 3 rings (SSSR count). The molecular weight excluding hydrogens is 422 g/mol. The first-order valence-corrected chi connectivity index (χ1v) is 13.1. The second kappa shape index (κ2) is 13.2. The molecule has 0 aromatic heterocycles. The third kappa shape index (κ3) is 9.14. The van der Waals surface area contributed by atoms with Crippen molar-refractivity contribution >= 4 is 17.9 Å². The van der Waals surface area contributed by atoms with E-state index < -0.39 is 5.97 Å². The maximum absolute atomic E-state index is 12.5. The highest BCUT2D eigenvalue weighted by atomic mass is 16.5. The van der Waals surface area contributed by atoms with Crippen molar-refractivity contribution < 1.29 is 24.2 Å². The van der Waals surface area contributed by atoms with E-state index in [0.29, 0.717) is 36.8 Å². The molecule has 4 atom stereocenters. The molecule has 8 heteroatoms. The van der Waals surface area contributed by atoms with Crippen LogP contribution in [0.2, 0.25) is 0 Å². The van der Waals surface area contributed by atoms with Crippen LogP contribution in [0, 0.1) is 17.8 Å². The van der Waals surface area contributed by atoms with Crippen LogP contribution in [0.25, 0.3) is 0 Å². The molecule has 0 aromatic rings. The molecule has 3 saturated carbocycles. The van der Waals surface area contributed by atoms with Gasteiger partial charge in [0.15, 0.2) is 0 Å². The highest BCUT2D eigenvalue weighted by Crippen LogP contribution is 2.28. The maximum atomic E-state index is 12.5. The largest absolute Gasteiger partial charge is 0.480 e. The van der Waals surface area contributed by atoms with Gasteiger partial charge in [0.2, 0.25) is 5.91 Å². The first kappa shape index (κ1) is 25.8. The van der Waals surface area contributed by atoms with Crippen LogP contribution >= 0.6 is 0 Å². The number of urea groups is 1. The van der Waals surface area contributed by atoms with Crippen LogP contribution in [0.1, 0.15) is 90.4 Å². The molecule has 188 valence electrons. The summed E-state index contributed by atoms with van der Waals surface area (Å²) in [7, 11) is 0. The number of hydrogen-bond acceptors (Lipinski definition) is 4. The fourth-order valence-electron chi connectivity index (χ4n) is 5.80. The Kier molecular flexibility index (Phi) is 10.3. The summed E-state index contributed by atoms with van der Waals surface area (Å²) >= 11 is 0. The molecule has 0 radical (unpaired) electrons. The summed E-state index contributed by atoms with van der Waals surface area (Å²) in [6.07, 6.45) is 12.8. The second-order valence-electron chi connectivity index (χ2n) is 10.6. The third-order valence-corrected chi connectivity index (χ3v) is 7.85. The molecule has 3 fully saturated rings. The Bertz CT molecular complexity index is 650. The molecule has 0 aromatic carbocycles. The van der Waals surface area contributed by atoms with E-state index in [1.54, 1.807) is 0 Å². The molecule has 3 aliphatic carbocycles. The Hall–Kier alpha value is -1.83. The number of carbonyl (C=O) groups is 3. The van der Waals surface area contributed by atoms with Gasteiger partial charge in [-0.25, -0.2) is 9.59 Å². The Balaban J connectivity index is 1.27. The topological polar surface area (TPSA) is 117 Å². The van der Waals surface area contributed by atoms with Crippen LogP contribution in [0.4, 0.5) is 4.79 Å². The predicted octanol–water partition coefficient (Wildman–Crippen LogP) is 3.59. The first-order chi connectivity index (χ1) is 15.9. The third-order valence-electron chi connectivity index (χ3n) is 7.85. The number of carboxylic acid groups (broad SMARTS) is 1. The summed E-state index contributed by atoms with van der Waals surface area (Å²) < 4.78 is 5.44. The number of nitrogens with one attached hydrogen (secondary N) is 3. The van der Waals surface area contributed by atoms with E-state index in [9.17, 15) is 14.4 Å². The van der Waals surface area contributed by atoms with E-state index in [1.165, 1.54) is 19.3 Å². The van der Waals surface area contributed by atoms with Gasteiger partial charge in [-0.15, -0.1) is 0 Å². The van der Waals surface area contributed by atoms with E-state index >= 15 is 0 Å². The average Bonchev–Trinajstić information content (AvgIpc) is 2.79. The van der Waals surface area contributed by atoms with Crippen molar-refractivity contribution in [3.8, 4) is 0 Å². The number of aliphatic carboxylic acids is 1. The fraction of sp³-hybridized carbons (Fsp3) is 0.880. The van der Waals surface area contributed by atoms with E-state index in [0.717, 1.165) is 57.8 Å². The molecule has 0 bridgehead atoms. The zero-order chi connectivity index (χ0) is 23.6. The monoisotopic (exact) mass is 465 g/mol. The Labute approximate surface area is 198 Å². The zero-order valence-corrected chi connectivity index (χ0v) is 20.2. The van der Waals surface area contributed by atoms with Crippen molar-refractivity contribution in [2.75, 3.05) is 13.2 Å². The minimum Gasteiger partial charge on any atom is -0.480 e. The van der Waals surface area contributed by atoms with Gasteiger partial charge in [-0.1, -0.05) is 26.2 Å². The summed E-state index contributed by atoms with van der Waals surface area (Å²) in [4.78, 5) is 35.5. The molecule has 0 saturated heterocycles. The van der Waals surface area contributed by atoms with Crippen molar-refractivity contribution in [1.29, 1.82) is 0 Å². The lowest BCUT2D eigenvalue weighted by Gasteiger charge is -2.32. The standard InChI is InChI=1S/C25H43N3O5/c1-17-5-2-3-8-22(17)28-25(32)27-20-11-9-18(10-12-20)14-23(29)26-15-19-6-4-7-21(13-19)33-16-24(30)31/h17-22H,2-16H2,1H3,(H,26,29)(H,30,31)(H2,27,28,32). The van der Waals surface area contributed by atoms with E-state index in [-0.39, 0.29) is 30.7 Å². The predicted molar refractivity (Wildman–Crippen MR) is 126 cm³/mol. The second-order valence-corrected chi connectivity index (χ2v) is 10.6. The van der Waals surface area contributed by atoms with Crippen molar-refractivity contribution in [3.05, 3.63) is 0 Å². The van der Waals surface area contributed by atoms with Gasteiger partial charge in [-0.3, -0.25) is 4.79 Å². The number of ether oxygens (including phenoxy) is 1. The summed E-state index contributed by atoms with van der Waals surface area (Å²) in [6.45, 7) is 2.62. The summed E-state index contributed by atoms with van der Waals surface area (Å²) in [5.74, 6) is 0.448. The van der Waals surface area contributed by atoms with Crippen LogP contribution in [0.15, 0.2) is 0 Å². The highest BCUT2D eigenvalue weighted by molar-refractivity contribution is 5.76. The van der Waals surface area contributed by atoms with Gasteiger partial charge in [0.25, 0.3) is 0 Å². The van der Waals surface area contributed by atoms with Gasteiger partial charge in [-0.05, 0) is 75.5 Å². The van der Waals surface area contributed by atoms with Gasteiger partial charge in [0.1, 0.15) is 6.61 Å². The Morgan fingerprint density at radius 3 is 2.36 bits per heavy atom. The lowest BCUT2D eigenvalue weighted by molar-refractivity contribution is -0.145. The van der Waals surface area contributed by atoms with Crippen LogP contribution in [-0.2, 0) is 14.3 Å². The minimum absolute atomic E-state index is 0.0157. The van der Waals surface area contributed by atoms with Gasteiger partial charge in [0, 0.05) is 25.0 Å². The molecule has 8 nitrogen and oxygen atoms in total. The molecule has 3 aliphatic rings. The molecule has 3 amide bonds. The van der Waals surface area contributed by atoms with Crippen molar-refractivity contribution in [2.45, 2.75) is 109 Å². The van der Waals surface area contributed by atoms with Gasteiger partial charge < -0.3 is 25.8 Å². The van der Waals surface area contributed by atoms with Crippen LogP contribution in [0.3, 0.4) is 0 Å². The van der Waals surface area contributed by atoms with Gasteiger partial charge in [-0.2, -0.15) is 0 Å². The number of rotatable bonds is 9. The lowest BCUT2D eigenvalue weighted by atomic mass is 9.83. The normalized spacial score (nSPS) is 32.5. The smallest absolute Gasteiger partial charge is 0.329 e. The Morgan fingerprint density at radius 2 is 1.64 bits per heavy atom. The average molecular weight is 466 g/mol. The molecule has 0 spiro atoms. The van der Waals surface area contributed by atoms with Gasteiger partial charge in [0.05, 0.1) is 6.10 Å². The van der Waals surface area contributed by atoms with E-state index in [4.69, 9.17) is 9.84 Å². The van der Waals surface area contributed by atoms with E-state index in [2.05, 4.69) is 22.9 Å². The molecule has 0 aliphatic heterocycles. The summed E-state index contributed by atoms with van der Waals surface area (Å²) in [6, 6.07) is 0.461. The lowest BCUT2D eigenvalue weighted by Crippen LogP contribution is -2.49. The summed E-state index contributed by atoms with van der Waals surface area (Å²) in [5.41, 5.74) is 0. The van der Waals surface area contributed by atoms with Gasteiger partial charge >= 0.3 is 12.0 Å². The number of carboxylic acids is 1. The minimum atomic E-state index is -0.935. The number of carbonyl (C=O) groups excluding carboxylic acids is 2. The molecule has 4 N–H and O–H groups in total. The molecule has 0 heterocycles. The number of hydrogen-bond donors (Lipinski definition) is 4. The van der Waals surface area contributed by atoms with Crippen molar-refractivity contribution in [2.24, 2.45) is 17.8 Å². The first-order valence-electron chi connectivity index (χ1n) is 13.1. The van der Waals surface area contributed by atoms with Crippen LogP contribution in [-0.4, -0.2) is 54.4 Å². The molecule has 4 unspecified atom stereocenters. The summed E-state index contributed by atoms with van der Waals surface area (Å²) in [5, 5.41) is 18.2. The zero-order valence-electron chi connectivity index (χ0n) is 20.2. The SMILES string of the molecule is CC1CCCCC1NC(=O)NC1CCC(CC(=O)NCC2CCCC(OCC(=O)O)C2)CC1. The molecule has 33 heavy (non-hydrogen) atoms. The maximum Gasteiger partial charge on any atom is 0.329 e. The molecular formula is C25H43N3O5. The highest BCUT2D eigenvalue weighted by Gasteiger charge is 2.28.